The van der Waals surface area contributed by atoms with Gasteiger partial charge in [-0.15, -0.1) is 0 Å². The molecular formula is C11H8ClN2O4S-. The van der Waals surface area contributed by atoms with Gasteiger partial charge in [-0.1, -0.05) is 28.7 Å². The molecule has 19 heavy (non-hydrogen) atoms. The van der Waals surface area contributed by atoms with Gasteiger partial charge in [-0.05, 0) is 23.8 Å². The van der Waals surface area contributed by atoms with Crippen molar-refractivity contribution in [2.75, 3.05) is 0 Å². The summed E-state index contributed by atoms with van der Waals surface area (Å²) in [6.45, 7) is 0. The summed E-state index contributed by atoms with van der Waals surface area (Å²) >= 11 is 3.36. The van der Waals surface area contributed by atoms with Crippen molar-refractivity contribution in [3.63, 3.8) is 0 Å². The highest BCUT2D eigenvalue weighted by Crippen LogP contribution is 2.14. The smallest absolute Gasteiger partial charge is 0.382 e. The van der Waals surface area contributed by atoms with E-state index in [-0.39, 0.29) is 22.2 Å². The minimum atomic E-state index is -2.34. The first-order chi connectivity index (χ1) is 9.06. The van der Waals surface area contributed by atoms with Crippen LogP contribution in [0, 0.1) is 0 Å². The van der Waals surface area contributed by atoms with E-state index < -0.39 is 17.0 Å². The van der Waals surface area contributed by atoms with E-state index in [1.54, 1.807) is 12.1 Å². The van der Waals surface area contributed by atoms with Crippen LogP contribution in [-0.2, 0) is 16.8 Å². The molecule has 1 atom stereocenters. The number of nitrogens with zero attached hydrogens (tertiary/aromatic N) is 2. The first kappa shape index (κ1) is 13.7. The lowest BCUT2D eigenvalue weighted by atomic mass is 10.2. The molecular weight excluding hydrogens is 292 g/mol. The zero-order valence-corrected chi connectivity index (χ0v) is 11.1. The van der Waals surface area contributed by atoms with Crippen LogP contribution < -0.4 is 4.84 Å². The highest BCUT2D eigenvalue weighted by Gasteiger charge is 2.16. The van der Waals surface area contributed by atoms with Crippen molar-refractivity contribution in [2.24, 2.45) is 0 Å². The number of aromatic nitrogens is 2. The first-order valence-corrected chi connectivity index (χ1v) is 6.75. The zero-order valence-electron chi connectivity index (χ0n) is 9.48. The molecule has 0 radical (unpaired) electrons. The molecule has 2 aromatic heterocycles. The lowest BCUT2D eigenvalue weighted by molar-refractivity contribution is 0.0455. The fourth-order valence-electron chi connectivity index (χ4n) is 1.40. The molecule has 0 amide bonds. The summed E-state index contributed by atoms with van der Waals surface area (Å²) in [5.74, 6) is -1.11. The maximum Gasteiger partial charge on any atom is 0.382 e. The van der Waals surface area contributed by atoms with E-state index in [1.807, 2.05) is 0 Å². The van der Waals surface area contributed by atoms with E-state index >= 15 is 0 Å². The van der Waals surface area contributed by atoms with Crippen molar-refractivity contribution in [3.05, 3.63) is 53.1 Å². The van der Waals surface area contributed by atoms with Crippen LogP contribution in [0.3, 0.4) is 0 Å². The summed E-state index contributed by atoms with van der Waals surface area (Å²) in [7, 11) is 0. The quantitative estimate of drug-likeness (QED) is 0.625. The standard InChI is InChI=1S/C11H9ClN2O4S/c12-9-4-3-8(7-19(16)17)10(13-9)11(15)18-14-5-1-2-6-14/h1-6H,7H2,(H,16,17)/p-1. The molecule has 2 rings (SSSR count). The van der Waals surface area contributed by atoms with Crippen LogP contribution in [0.1, 0.15) is 16.1 Å². The summed E-state index contributed by atoms with van der Waals surface area (Å²) in [6.07, 6.45) is 3.04. The van der Waals surface area contributed by atoms with Crippen LogP contribution in [-0.4, -0.2) is 24.4 Å². The molecule has 0 aliphatic carbocycles. The van der Waals surface area contributed by atoms with Gasteiger partial charge in [0, 0.05) is 18.1 Å². The first-order valence-electron chi connectivity index (χ1n) is 5.13. The number of pyridine rings is 1. The largest absolute Gasteiger partial charge is 0.772 e. The SMILES string of the molecule is O=C(On1cccc1)c1nc(Cl)ccc1CS(=O)[O-]. The molecule has 2 aromatic rings. The van der Waals surface area contributed by atoms with Crippen LogP contribution in [0.5, 0.6) is 0 Å². The molecule has 2 heterocycles. The van der Waals surface area contributed by atoms with E-state index in [1.165, 1.54) is 29.3 Å². The minimum absolute atomic E-state index is 0.0832. The molecule has 6 nitrogen and oxygen atoms in total. The minimum Gasteiger partial charge on any atom is -0.772 e. The van der Waals surface area contributed by atoms with Crippen molar-refractivity contribution in [1.29, 1.82) is 0 Å². The molecule has 0 aromatic carbocycles. The van der Waals surface area contributed by atoms with Crippen LogP contribution in [0.2, 0.25) is 5.15 Å². The maximum absolute atomic E-state index is 11.9. The highest BCUT2D eigenvalue weighted by molar-refractivity contribution is 7.78. The zero-order chi connectivity index (χ0) is 13.8. The molecule has 0 saturated carbocycles. The third kappa shape index (κ3) is 3.63. The second kappa shape index (κ2) is 5.96. The van der Waals surface area contributed by atoms with Crippen molar-refractivity contribution < 1.29 is 18.4 Å². The van der Waals surface area contributed by atoms with Crippen LogP contribution in [0.15, 0.2) is 36.7 Å². The molecule has 8 heteroatoms. The number of hydrogen-bond acceptors (Lipinski definition) is 5. The molecule has 0 aliphatic rings. The number of rotatable bonds is 4. The van der Waals surface area contributed by atoms with Gasteiger partial charge in [0.25, 0.3) is 0 Å². The van der Waals surface area contributed by atoms with Gasteiger partial charge in [0.2, 0.25) is 0 Å². The van der Waals surface area contributed by atoms with E-state index in [2.05, 4.69) is 4.98 Å². The van der Waals surface area contributed by atoms with Crippen molar-refractivity contribution in [2.45, 2.75) is 5.75 Å². The lowest BCUT2D eigenvalue weighted by Crippen LogP contribution is -2.21. The average Bonchev–Trinajstić information content (AvgIpc) is 2.83. The Bertz CT molecular complexity index is 615. The Morgan fingerprint density at radius 2 is 2.11 bits per heavy atom. The van der Waals surface area contributed by atoms with E-state index in [0.29, 0.717) is 0 Å². The maximum atomic E-state index is 11.9. The molecule has 100 valence electrons. The Balaban J connectivity index is 2.28. The number of carbonyl (C=O) groups is 1. The Kier molecular flexibility index (Phi) is 4.31. The van der Waals surface area contributed by atoms with E-state index in [9.17, 15) is 13.6 Å². The fraction of sp³-hybridized carbons (Fsp3) is 0.0909. The second-order valence-electron chi connectivity index (χ2n) is 3.51. The number of halogens is 1. The Morgan fingerprint density at radius 1 is 1.42 bits per heavy atom. The summed E-state index contributed by atoms with van der Waals surface area (Å²) in [4.78, 5) is 20.7. The predicted molar refractivity (Wildman–Crippen MR) is 67.2 cm³/mol. The predicted octanol–water partition coefficient (Wildman–Crippen LogP) is 1.18. The number of hydrogen-bond donors (Lipinski definition) is 0. The average molecular weight is 300 g/mol. The topological polar surface area (TPSA) is 84.2 Å². The normalized spacial score (nSPS) is 12.1. The monoisotopic (exact) mass is 299 g/mol. The number of carbonyl (C=O) groups excluding carboxylic acids is 1. The van der Waals surface area contributed by atoms with E-state index in [4.69, 9.17) is 16.4 Å². The van der Waals surface area contributed by atoms with Crippen molar-refractivity contribution in [1.82, 2.24) is 9.71 Å². The molecule has 0 bridgehead atoms. The Hall–Kier alpha value is -1.70. The second-order valence-corrected chi connectivity index (χ2v) is 4.79. The summed E-state index contributed by atoms with van der Waals surface area (Å²) in [6, 6.07) is 6.19. The third-order valence-corrected chi connectivity index (χ3v) is 2.93. The summed E-state index contributed by atoms with van der Waals surface area (Å²) in [5, 5.41) is 0.0832. The third-order valence-electron chi connectivity index (χ3n) is 2.18. The molecule has 0 fully saturated rings. The van der Waals surface area contributed by atoms with Crippen LogP contribution >= 0.6 is 11.6 Å². The Labute approximate surface area is 116 Å². The van der Waals surface area contributed by atoms with E-state index in [0.717, 1.165) is 0 Å². The molecule has 1 unspecified atom stereocenters. The van der Waals surface area contributed by atoms with Gasteiger partial charge in [-0.3, -0.25) is 4.21 Å². The van der Waals surface area contributed by atoms with Crippen LogP contribution in [0.25, 0.3) is 0 Å². The van der Waals surface area contributed by atoms with Gasteiger partial charge in [0.05, 0.1) is 0 Å². The molecule has 0 N–H and O–H groups in total. The summed E-state index contributed by atoms with van der Waals surface area (Å²) in [5.41, 5.74) is 0.111. The lowest BCUT2D eigenvalue weighted by Gasteiger charge is -2.10. The van der Waals surface area contributed by atoms with Gasteiger partial charge < -0.3 is 9.39 Å². The molecule has 0 saturated heterocycles. The van der Waals surface area contributed by atoms with Crippen molar-refractivity contribution in [3.8, 4) is 0 Å². The van der Waals surface area contributed by atoms with Gasteiger partial charge in [0.1, 0.15) is 5.15 Å². The molecule has 0 aliphatic heterocycles. The van der Waals surface area contributed by atoms with Gasteiger partial charge in [-0.25, -0.2) is 9.78 Å². The van der Waals surface area contributed by atoms with Gasteiger partial charge >= 0.3 is 5.97 Å². The highest BCUT2D eigenvalue weighted by atomic mass is 35.5. The Morgan fingerprint density at radius 3 is 2.74 bits per heavy atom. The van der Waals surface area contributed by atoms with Gasteiger partial charge in [0.15, 0.2) is 5.69 Å². The molecule has 0 spiro atoms. The fourth-order valence-corrected chi connectivity index (χ4v) is 2.04. The van der Waals surface area contributed by atoms with Crippen LogP contribution in [0.4, 0.5) is 0 Å². The van der Waals surface area contributed by atoms with Crippen molar-refractivity contribution >= 4 is 28.7 Å². The summed E-state index contributed by atoms with van der Waals surface area (Å²) < 4.78 is 22.6. The van der Waals surface area contributed by atoms with Gasteiger partial charge in [-0.2, -0.15) is 4.73 Å².